The number of amides is 1. The average molecular weight is 475 g/mol. The van der Waals surface area contributed by atoms with Crippen molar-refractivity contribution in [2.24, 2.45) is 5.92 Å². The Balaban J connectivity index is 1.29. The highest BCUT2D eigenvalue weighted by Crippen LogP contribution is 2.19. The zero-order chi connectivity index (χ0) is 24.8. The summed E-state index contributed by atoms with van der Waals surface area (Å²) in [6.07, 6.45) is 3.86. The van der Waals surface area contributed by atoms with Crippen molar-refractivity contribution >= 4 is 16.9 Å². The summed E-state index contributed by atoms with van der Waals surface area (Å²) >= 11 is 0. The Morgan fingerprint density at radius 1 is 1.00 bits per heavy atom. The van der Waals surface area contributed by atoms with Crippen molar-refractivity contribution in [2.75, 3.05) is 19.6 Å². The van der Waals surface area contributed by atoms with Crippen LogP contribution in [0.4, 0.5) is 0 Å². The number of rotatable bonds is 9. The number of carbonyl (C=O) groups excluding carboxylic acids is 1. The Kier molecular flexibility index (Phi) is 7.98. The van der Waals surface area contributed by atoms with E-state index < -0.39 is 11.1 Å². The molecule has 1 saturated heterocycles. The number of piperidine rings is 1. The first-order valence-electron chi connectivity index (χ1n) is 12.3. The Hall–Kier alpha value is -3.45. The lowest BCUT2D eigenvalue weighted by Gasteiger charge is -2.32. The van der Waals surface area contributed by atoms with Crippen LogP contribution in [0.1, 0.15) is 30.4 Å². The van der Waals surface area contributed by atoms with Gasteiger partial charge in [-0.15, -0.1) is 6.58 Å². The van der Waals surface area contributed by atoms with Crippen molar-refractivity contribution in [3.05, 3.63) is 93.0 Å². The normalized spacial score (nSPS) is 14.8. The maximum atomic E-state index is 12.7. The van der Waals surface area contributed by atoms with Crippen LogP contribution >= 0.6 is 0 Å². The fourth-order valence-corrected chi connectivity index (χ4v) is 4.76. The van der Waals surface area contributed by atoms with Crippen molar-refractivity contribution in [1.29, 1.82) is 0 Å². The highest BCUT2D eigenvalue weighted by Gasteiger charge is 2.20. The molecule has 0 atom stereocenters. The highest BCUT2D eigenvalue weighted by molar-refractivity contribution is 5.77. The van der Waals surface area contributed by atoms with Gasteiger partial charge in [-0.05, 0) is 56.5 Å². The molecule has 184 valence electrons. The van der Waals surface area contributed by atoms with E-state index in [1.807, 2.05) is 12.1 Å². The van der Waals surface area contributed by atoms with Crippen LogP contribution in [-0.2, 0) is 24.4 Å². The van der Waals surface area contributed by atoms with E-state index in [9.17, 15) is 14.4 Å². The van der Waals surface area contributed by atoms with Gasteiger partial charge in [-0.3, -0.25) is 23.9 Å². The number of carbonyl (C=O) groups is 1. The molecular formula is C28H34N4O3. The maximum absolute atomic E-state index is 12.7. The number of aryl methyl sites for hydroxylation is 2. The van der Waals surface area contributed by atoms with E-state index in [0.29, 0.717) is 23.5 Å². The second kappa shape index (κ2) is 11.3. The summed E-state index contributed by atoms with van der Waals surface area (Å²) in [5, 5.41) is 3.04. The Labute approximate surface area is 205 Å². The molecule has 1 amide bonds. The van der Waals surface area contributed by atoms with Gasteiger partial charge in [0.05, 0.1) is 11.0 Å². The second-order valence-electron chi connectivity index (χ2n) is 9.41. The summed E-state index contributed by atoms with van der Waals surface area (Å²) in [6, 6.07) is 16.0. The minimum atomic E-state index is -0.612. The van der Waals surface area contributed by atoms with Crippen LogP contribution in [0.2, 0.25) is 0 Å². The molecule has 1 aromatic heterocycles. The van der Waals surface area contributed by atoms with Crippen molar-refractivity contribution < 1.29 is 4.79 Å². The number of likely N-dealkylation sites (tertiary alicyclic amines) is 1. The third kappa shape index (κ3) is 5.98. The van der Waals surface area contributed by atoms with Crippen molar-refractivity contribution in [2.45, 2.75) is 45.8 Å². The summed E-state index contributed by atoms with van der Waals surface area (Å²) in [7, 11) is 0. The molecule has 0 spiro atoms. The monoisotopic (exact) mass is 474 g/mol. The van der Waals surface area contributed by atoms with Gasteiger partial charge < -0.3 is 9.88 Å². The van der Waals surface area contributed by atoms with E-state index >= 15 is 0 Å². The summed E-state index contributed by atoms with van der Waals surface area (Å²) in [5.74, 6) is 0.359. The number of fused-ring (bicyclic) bond motifs is 1. The van der Waals surface area contributed by atoms with Gasteiger partial charge >= 0.3 is 11.1 Å². The van der Waals surface area contributed by atoms with Gasteiger partial charge in [-0.2, -0.15) is 0 Å². The molecule has 0 bridgehead atoms. The van der Waals surface area contributed by atoms with E-state index in [1.54, 1.807) is 18.2 Å². The number of hydrogen-bond acceptors (Lipinski definition) is 4. The zero-order valence-corrected chi connectivity index (χ0v) is 20.4. The van der Waals surface area contributed by atoms with Gasteiger partial charge in [0.25, 0.3) is 0 Å². The smallest absolute Gasteiger partial charge is 0.317 e. The predicted molar refractivity (Wildman–Crippen MR) is 139 cm³/mol. The van der Waals surface area contributed by atoms with Crippen LogP contribution in [0.5, 0.6) is 0 Å². The molecule has 2 heterocycles. The van der Waals surface area contributed by atoms with Gasteiger partial charge in [0.2, 0.25) is 5.91 Å². The molecule has 0 unspecified atom stereocenters. The van der Waals surface area contributed by atoms with Crippen LogP contribution in [-0.4, -0.2) is 39.6 Å². The predicted octanol–water partition coefficient (Wildman–Crippen LogP) is 3.08. The fourth-order valence-electron chi connectivity index (χ4n) is 4.76. The number of hydrogen-bond donors (Lipinski definition) is 1. The van der Waals surface area contributed by atoms with Crippen molar-refractivity contribution in [3.8, 4) is 0 Å². The van der Waals surface area contributed by atoms with Crippen LogP contribution < -0.4 is 16.4 Å². The summed E-state index contributed by atoms with van der Waals surface area (Å²) in [5.41, 5.74) is 2.71. The van der Waals surface area contributed by atoms with E-state index in [-0.39, 0.29) is 25.4 Å². The molecule has 35 heavy (non-hydrogen) atoms. The first-order valence-corrected chi connectivity index (χ1v) is 12.3. The third-order valence-corrected chi connectivity index (χ3v) is 6.83. The molecule has 0 radical (unpaired) electrons. The summed E-state index contributed by atoms with van der Waals surface area (Å²) in [4.78, 5) is 40.4. The minimum Gasteiger partial charge on any atom is -0.356 e. The van der Waals surface area contributed by atoms with Crippen LogP contribution in [0, 0.1) is 12.8 Å². The molecule has 7 heteroatoms. The standard InChI is InChI=1S/C28H34N4O3/c1-3-15-31-24-6-4-5-7-25(24)32(28(35)27(31)34)18-14-26(33)29-19-22-12-16-30(17-13-22)20-23-10-8-21(2)9-11-23/h3-11,22H,1,12-20H2,2H3,(H,29,33). The van der Waals surface area contributed by atoms with Gasteiger partial charge in [-0.25, -0.2) is 0 Å². The lowest BCUT2D eigenvalue weighted by Crippen LogP contribution is -2.42. The number of nitrogens with one attached hydrogen (secondary N) is 1. The van der Waals surface area contributed by atoms with E-state index in [1.165, 1.54) is 20.3 Å². The molecule has 1 aliphatic rings. The van der Waals surface area contributed by atoms with Crippen molar-refractivity contribution in [1.82, 2.24) is 19.4 Å². The van der Waals surface area contributed by atoms with Gasteiger partial charge in [0.15, 0.2) is 0 Å². The van der Waals surface area contributed by atoms with Crippen molar-refractivity contribution in [3.63, 3.8) is 0 Å². The average Bonchev–Trinajstić information content (AvgIpc) is 2.87. The molecule has 0 aliphatic carbocycles. The molecule has 7 nitrogen and oxygen atoms in total. The Bertz CT molecular complexity index is 1300. The molecule has 1 fully saturated rings. The molecule has 4 rings (SSSR count). The molecule has 3 aromatic rings. The van der Waals surface area contributed by atoms with Crippen LogP contribution in [0.15, 0.2) is 70.8 Å². The molecule has 0 saturated carbocycles. The molecular weight excluding hydrogens is 440 g/mol. The van der Waals surface area contributed by atoms with Gasteiger partial charge in [-0.1, -0.05) is 48.0 Å². The Morgan fingerprint density at radius 3 is 2.29 bits per heavy atom. The summed E-state index contributed by atoms with van der Waals surface area (Å²) < 4.78 is 2.84. The number of nitrogens with zero attached hydrogens (tertiary/aromatic N) is 3. The fraction of sp³-hybridized carbons (Fsp3) is 0.393. The topological polar surface area (TPSA) is 76.3 Å². The number of allylic oxidation sites excluding steroid dienone is 1. The lowest BCUT2D eigenvalue weighted by atomic mass is 9.96. The third-order valence-electron chi connectivity index (χ3n) is 6.83. The number of aromatic nitrogens is 2. The number of benzene rings is 2. The van der Waals surface area contributed by atoms with E-state index in [0.717, 1.165) is 32.5 Å². The minimum absolute atomic E-state index is 0.0988. The largest absolute Gasteiger partial charge is 0.356 e. The number of para-hydroxylation sites is 2. The summed E-state index contributed by atoms with van der Waals surface area (Å²) in [6.45, 7) is 9.87. The maximum Gasteiger partial charge on any atom is 0.317 e. The first-order chi connectivity index (χ1) is 17.0. The first kappa shape index (κ1) is 24.7. The van der Waals surface area contributed by atoms with Gasteiger partial charge in [0.1, 0.15) is 0 Å². The van der Waals surface area contributed by atoms with E-state index in [2.05, 4.69) is 48.0 Å². The van der Waals surface area contributed by atoms with E-state index in [4.69, 9.17) is 0 Å². The lowest BCUT2D eigenvalue weighted by molar-refractivity contribution is -0.121. The van der Waals surface area contributed by atoms with Crippen LogP contribution in [0.25, 0.3) is 11.0 Å². The Morgan fingerprint density at radius 2 is 1.63 bits per heavy atom. The molecule has 2 aromatic carbocycles. The second-order valence-corrected chi connectivity index (χ2v) is 9.41. The SMILES string of the molecule is C=CCn1c(=O)c(=O)n(CCC(=O)NCC2CCN(Cc3ccc(C)cc3)CC2)c2ccccc21. The van der Waals surface area contributed by atoms with Gasteiger partial charge in [0, 0.05) is 32.6 Å². The molecule has 1 N–H and O–H groups in total. The molecule has 1 aliphatic heterocycles. The zero-order valence-electron chi connectivity index (χ0n) is 20.4. The van der Waals surface area contributed by atoms with Crippen LogP contribution in [0.3, 0.4) is 0 Å². The highest BCUT2D eigenvalue weighted by atomic mass is 16.2. The quantitative estimate of drug-likeness (QED) is 0.382.